The molecule has 16 aliphatic heterocycles. The van der Waals surface area contributed by atoms with Gasteiger partial charge in [-0.05, 0) is 141 Å². The summed E-state index contributed by atoms with van der Waals surface area (Å²) in [5.41, 5.74) is 49.5. The Balaban J connectivity index is 0.000000110. The van der Waals surface area contributed by atoms with Crippen LogP contribution in [0.3, 0.4) is 0 Å². The third-order valence-electron chi connectivity index (χ3n) is 34.1. The molecule has 20 N–H and O–H groups in total. The first-order valence-corrected chi connectivity index (χ1v) is 53.2. The summed E-state index contributed by atoms with van der Waals surface area (Å²) in [4.78, 5) is 123. The first-order valence-electron chi connectivity index (χ1n) is 53.2. The van der Waals surface area contributed by atoms with E-state index in [2.05, 4.69) is 62.8 Å². The van der Waals surface area contributed by atoms with Crippen molar-refractivity contribution in [1.82, 2.24) is 125 Å². The van der Waals surface area contributed by atoms with E-state index < -0.39 is 0 Å². The van der Waals surface area contributed by atoms with Crippen molar-refractivity contribution in [2.75, 3.05) is 155 Å². The van der Waals surface area contributed by atoms with Crippen LogP contribution >= 0.6 is 0 Å². The number of aromatic nitrogens is 7. The smallest absolute Gasteiger partial charge is 0.320 e. The van der Waals surface area contributed by atoms with Crippen LogP contribution in [0.4, 0.5) is 33.6 Å². The number of piperidine rings is 7. The molecule has 18 aliphatic rings. The predicted molar refractivity (Wildman–Crippen MR) is 545 cm³/mol. The lowest BCUT2D eigenvalue weighted by Crippen LogP contribution is -2.53. The van der Waals surface area contributed by atoms with Gasteiger partial charge in [0.1, 0.15) is 74.4 Å². The van der Waals surface area contributed by atoms with Gasteiger partial charge in [0.2, 0.25) is 0 Å². The van der Waals surface area contributed by atoms with Crippen molar-refractivity contribution in [3.8, 4) is 0 Å². The van der Waals surface area contributed by atoms with E-state index in [-0.39, 0.29) is 114 Å². The molecule has 814 valence electrons. The van der Waals surface area contributed by atoms with Crippen LogP contribution in [0.25, 0.3) is 0 Å². The summed E-state index contributed by atoms with van der Waals surface area (Å²) in [5.74, 6) is 8.14. The lowest BCUT2D eigenvalue weighted by Gasteiger charge is -2.39. The van der Waals surface area contributed by atoms with Crippen molar-refractivity contribution in [2.45, 2.75) is 263 Å². The molecule has 0 radical (unpaired) electrons. The van der Waals surface area contributed by atoms with Crippen LogP contribution in [0.1, 0.15) is 256 Å². The second-order valence-corrected chi connectivity index (χ2v) is 43.8. The number of hydrogen-bond acceptors (Lipinski definition) is 29. The number of aliphatic imine (C=N–C) groups is 2. The van der Waals surface area contributed by atoms with E-state index in [1.54, 1.807) is 11.9 Å². The van der Waals surface area contributed by atoms with E-state index in [4.69, 9.17) is 88.3 Å². The number of likely N-dealkylation sites (tertiary alicyclic amines) is 1. The Morgan fingerprint density at radius 3 is 1.01 bits per heavy atom. The molecule has 150 heavy (non-hydrogen) atoms. The molecule has 14 atom stereocenters. The van der Waals surface area contributed by atoms with E-state index in [9.17, 15) is 33.6 Å². The number of urea groups is 7. The Morgan fingerprint density at radius 1 is 0.393 bits per heavy atom. The van der Waals surface area contributed by atoms with Gasteiger partial charge in [-0.3, -0.25) is 20.8 Å². The van der Waals surface area contributed by atoms with Crippen molar-refractivity contribution >= 4 is 66.1 Å². The molecule has 7 aromatic heterocycles. The SMILES string of the molecule is CN(Cc1cc([C@@H]2CC[C@@H]3CN2C(=O)N3C)no1)C(=N)N.CN1C(=O)N2C[C@H]1CC[C@H]2c1cc(C2CC(N)C2)on1.CN1C(=O)N2C[C@H]1CC[C@H]2c1cc(C2CC(N=C(N)N)C2)on1.CN1C(=O)N2C[C@H]1CC[C@H]2c1cc(CC2CN(C(=N)N)C2)on1.CN1C(=O)N2C[C@H]1CC[C@H]2c1cc(CC2CNC2)on1.CN1C(=O)N2C[C@H]1CC[C@H]2c1cc(CCCN=C(N)N)on1.CN1C(=O)N2C[C@H]1CC[C@H]2c1cc(CCNCCN)on1. The molecule has 14 amide bonds. The normalized spacial score (nSPS) is 28.5. The highest BCUT2D eigenvalue weighted by Gasteiger charge is 2.53. The van der Waals surface area contributed by atoms with Crippen LogP contribution in [0.5, 0.6) is 0 Å². The minimum absolute atomic E-state index is 0.0150. The summed E-state index contributed by atoms with van der Waals surface area (Å²) >= 11 is 0. The summed E-state index contributed by atoms with van der Waals surface area (Å²) in [7, 11) is 14.9. The highest BCUT2D eigenvalue weighted by atomic mass is 16.5. The van der Waals surface area contributed by atoms with Crippen LogP contribution in [-0.4, -0.2) is 389 Å². The fourth-order valence-corrected chi connectivity index (χ4v) is 24.5. The summed E-state index contributed by atoms with van der Waals surface area (Å²) < 4.78 is 38.0. The average Bonchev–Trinajstić information content (AvgIpc) is 1.62. The van der Waals surface area contributed by atoms with E-state index >= 15 is 0 Å². The van der Waals surface area contributed by atoms with E-state index in [0.29, 0.717) is 97.4 Å². The summed E-state index contributed by atoms with van der Waals surface area (Å²) in [6.07, 6.45) is 21.6. The summed E-state index contributed by atoms with van der Waals surface area (Å²) in [5, 5.41) is 50.5. The van der Waals surface area contributed by atoms with Crippen molar-refractivity contribution in [2.24, 2.45) is 67.7 Å². The van der Waals surface area contributed by atoms with Crippen molar-refractivity contribution in [3.63, 3.8) is 0 Å². The zero-order chi connectivity index (χ0) is 105. The molecule has 14 bridgehead atoms. The monoisotopic (exact) mass is 2080 g/mol. The number of likely N-dealkylation sites (N-methyl/N-ethyl adjacent to an activating group) is 7. The number of fused-ring (bicyclic) bond motifs is 14. The molecular formula is C99H149N37O14. The Hall–Kier alpha value is -13.7. The minimum atomic E-state index is -0.0233. The van der Waals surface area contributed by atoms with E-state index in [0.717, 1.165) is 307 Å². The molecule has 51 heteroatoms. The van der Waals surface area contributed by atoms with Crippen molar-refractivity contribution < 1.29 is 65.2 Å². The van der Waals surface area contributed by atoms with Gasteiger partial charge in [0, 0.05) is 233 Å². The maximum Gasteiger partial charge on any atom is 0.320 e. The molecule has 0 aromatic carbocycles. The highest BCUT2D eigenvalue weighted by molar-refractivity contribution is 5.82. The molecule has 7 aromatic rings. The largest absolute Gasteiger partial charge is 0.370 e. The molecule has 0 spiro atoms. The molecule has 16 saturated heterocycles. The number of nitrogens with two attached hydrogens (primary N) is 8. The average molecular weight is 2080 g/mol. The topological polar surface area (TPSA) is 658 Å². The van der Waals surface area contributed by atoms with Crippen LogP contribution < -0.4 is 56.5 Å². The van der Waals surface area contributed by atoms with Gasteiger partial charge in [-0.2, -0.15) is 0 Å². The van der Waals surface area contributed by atoms with Crippen LogP contribution in [-0.2, 0) is 32.2 Å². The maximum atomic E-state index is 12.3. The molecular weight excluding hydrogens is 1930 g/mol. The number of carbonyl (C=O) groups is 7. The first kappa shape index (κ1) is 105. The molecule has 51 nitrogen and oxygen atoms in total. The van der Waals surface area contributed by atoms with Crippen LogP contribution in [0.2, 0.25) is 0 Å². The zero-order valence-corrected chi connectivity index (χ0v) is 87.2. The number of nitrogens with zero attached hydrogens (tertiary/aromatic N) is 25. The number of amides is 14. The zero-order valence-electron chi connectivity index (χ0n) is 87.2. The number of hydrogen-bond donors (Lipinski definition) is 12. The quantitative estimate of drug-likeness (QED) is 0.0199. The Labute approximate surface area is 870 Å². The fraction of sp³-hybridized carbons (Fsp3) is 0.677. The Bertz CT molecular complexity index is 5980. The summed E-state index contributed by atoms with van der Waals surface area (Å²) in [6.45, 7) is 12.5. The third kappa shape index (κ3) is 22.3. The van der Waals surface area contributed by atoms with Crippen LogP contribution in [0, 0.1) is 22.7 Å². The van der Waals surface area contributed by atoms with Gasteiger partial charge in [-0.15, -0.1) is 0 Å². The molecule has 2 saturated carbocycles. The number of guanidine groups is 4. The number of nitrogens with one attached hydrogen (secondary N) is 4. The molecule has 25 rings (SSSR count). The fourth-order valence-electron chi connectivity index (χ4n) is 24.5. The minimum Gasteiger partial charge on any atom is -0.370 e. The van der Waals surface area contributed by atoms with Gasteiger partial charge >= 0.3 is 42.2 Å². The maximum absolute atomic E-state index is 12.3. The summed E-state index contributed by atoms with van der Waals surface area (Å²) in [6, 6.07) is 17.9. The molecule has 0 unspecified atom stereocenters. The Morgan fingerprint density at radius 2 is 0.700 bits per heavy atom. The highest BCUT2D eigenvalue weighted by Crippen LogP contribution is 2.48. The second-order valence-electron chi connectivity index (χ2n) is 43.8. The van der Waals surface area contributed by atoms with Crippen molar-refractivity contribution in [1.29, 1.82) is 10.8 Å². The molecule has 2 aliphatic carbocycles. The van der Waals surface area contributed by atoms with Gasteiger partial charge in [0.25, 0.3) is 0 Å². The van der Waals surface area contributed by atoms with E-state index in [1.807, 2.05) is 159 Å². The van der Waals surface area contributed by atoms with Gasteiger partial charge in [0.05, 0.1) is 97.2 Å². The van der Waals surface area contributed by atoms with Gasteiger partial charge < -0.3 is 167 Å². The third-order valence-corrected chi connectivity index (χ3v) is 34.1. The van der Waals surface area contributed by atoms with Crippen molar-refractivity contribution in [3.05, 3.63) is 123 Å². The second kappa shape index (κ2) is 44.8. The molecule has 18 fully saturated rings. The van der Waals surface area contributed by atoms with Crippen LogP contribution in [0.15, 0.2) is 84.1 Å². The predicted octanol–water partition coefficient (Wildman–Crippen LogP) is 5.19. The lowest BCUT2D eigenvalue weighted by atomic mass is 9.79. The van der Waals surface area contributed by atoms with Gasteiger partial charge in [-0.1, -0.05) is 36.1 Å². The number of carbonyl (C=O) groups excluding carboxylic acids is 7. The molecule has 23 heterocycles. The first-order chi connectivity index (χ1) is 72.1. The number of rotatable bonds is 25. The standard InChI is InChI=1S/2C15H22N6O2.C14H22N6O2.C14H23N5O2.2C14H20N4O2.C13H20N6O2/c1-19-10-2-3-13(21(8-10)15(19)22)12-5-11(23-18-12)4-9-6-20(7-9)14(16)17;1-20-10-2-3-12(21(7-10)15(20)22)11-6-13(23-19-11)8-4-9(5-8)18-14(16)17;1-19-9-4-5-12(20(8-9)14(19)21)11-7-10(22-18-11)3-2-6-17-13(15)16;1-18-10-2-3-13(19(9-10)14(18)20)12-8-11(21-17-12)4-6-16-7-5-15;1-17-10-2-3-13(18(8-10)14(17)19)12-5-11(20-16-12)4-9-6-15-7-9;1-17-10-2-3-12(18(7-10)14(17)19)11-6-13(20-16-11)8-4-9(15)5-8;1-17(12(14)15)7-9-5-10(16-21-9)11-4-3-8-6-19(11)13(20)18(8)2/h5,9-10,13H,2-4,6-8H2,1H3,(H3,16,17);6,8-10,12H,2-5,7H2,1H3,(H4,16,17,18);7,9,12H,2-6,8H2,1H3,(H4,15,16,17);8,10,13,16H,2-7,9,15H2,1H3;5,9-10,13,15H,2-4,6-8H2,1H3;6,8-10,12H,2-5,7,15H2,1H3;5,8,11H,3-4,6-7H2,1-2H3,(H3,14,15)/t10-,13+;8?,9?,10-,12+;9-,12+;2*10-,13+;8?,9?,10-,12+;8-,11+/m1111111/s1. The lowest BCUT2D eigenvalue weighted by molar-refractivity contribution is 0.171. The van der Waals surface area contributed by atoms with Gasteiger partial charge in [-0.25, -0.2) is 33.6 Å². The van der Waals surface area contributed by atoms with E-state index in [1.165, 1.54) is 0 Å². The Kier molecular flexibility index (Phi) is 31.3. The van der Waals surface area contributed by atoms with Gasteiger partial charge in [0.15, 0.2) is 29.6 Å². The number of aryl methyl sites for hydroxylation is 1.